The number of benzene rings is 1. The van der Waals surface area contributed by atoms with Crippen molar-refractivity contribution in [3.05, 3.63) is 52.7 Å². The molecule has 0 amide bonds. The number of halogens is 1. The molecule has 0 bridgehead atoms. The van der Waals surface area contributed by atoms with Gasteiger partial charge in [-0.15, -0.1) is 0 Å². The first kappa shape index (κ1) is 21.3. The molecule has 0 unspecified atom stereocenters. The van der Waals surface area contributed by atoms with Gasteiger partial charge < -0.3 is 13.7 Å². The van der Waals surface area contributed by atoms with E-state index >= 15 is 0 Å². The number of furan rings is 1. The summed E-state index contributed by atoms with van der Waals surface area (Å²) in [6.07, 6.45) is 2.78. The number of carbonyl (C=O) groups is 1. The lowest BCUT2D eigenvalue weighted by Crippen LogP contribution is -2.22. The molecular formula is C19H20BrN3O5S. The smallest absolute Gasteiger partial charge is 0.331 e. The standard InChI is InChI=1S/C19H20BrN3O5S/c1-4-23-16-8-7-14(29(25,26)22(2)3)11-15(16)21-18(23)12-27-19(24)10-6-13-5-9-17(20)28-13/h5-11H,4,12H2,1-3H3. The van der Waals surface area contributed by atoms with Gasteiger partial charge in [0.05, 0.1) is 15.9 Å². The van der Waals surface area contributed by atoms with E-state index in [1.807, 2.05) is 11.5 Å². The molecule has 154 valence electrons. The summed E-state index contributed by atoms with van der Waals surface area (Å²) >= 11 is 3.19. The molecule has 0 spiro atoms. The minimum atomic E-state index is -3.56. The van der Waals surface area contributed by atoms with Crippen molar-refractivity contribution < 1.29 is 22.4 Å². The second-order valence-corrected chi connectivity index (χ2v) is 9.23. The molecule has 0 radical (unpaired) electrons. The summed E-state index contributed by atoms with van der Waals surface area (Å²) in [5.74, 6) is 0.511. The molecule has 3 aromatic rings. The van der Waals surface area contributed by atoms with Crippen LogP contribution in [0.5, 0.6) is 0 Å². The van der Waals surface area contributed by atoms with Crippen molar-refractivity contribution in [1.29, 1.82) is 0 Å². The Labute approximate surface area is 176 Å². The van der Waals surface area contributed by atoms with Gasteiger partial charge in [-0.25, -0.2) is 22.5 Å². The van der Waals surface area contributed by atoms with Crippen LogP contribution in [0.2, 0.25) is 0 Å². The van der Waals surface area contributed by atoms with E-state index in [2.05, 4.69) is 20.9 Å². The average molecular weight is 482 g/mol. The Hall–Kier alpha value is -2.43. The highest BCUT2D eigenvalue weighted by molar-refractivity contribution is 9.10. The number of ether oxygens (including phenoxy) is 1. The number of aryl methyl sites for hydroxylation is 1. The maximum Gasteiger partial charge on any atom is 0.331 e. The summed E-state index contributed by atoms with van der Waals surface area (Å²) in [7, 11) is -0.607. The van der Waals surface area contributed by atoms with Gasteiger partial charge in [0, 0.05) is 26.7 Å². The Balaban J connectivity index is 1.80. The second-order valence-electron chi connectivity index (χ2n) is 6.29. The highest BCUT2D eigenvalue weighted by atomic mass is 79.9. The number of esters is 1. The molecule has 0 aliphatic heterocycles. The van der Waals surface area contributed by atoms with E-state index in [0.29, 0.717) is 28.3 Å². The second kappa shape index (κ2) is 8.52. The van der Waals surface area contributed by atoms with Crippen molar-refractivity contribution in [3.63, 3.8) is 0 Å². The van der Waals surface area contributed by atoms with Crippen LogP contribution in [0.15, 0.2) is 50.4 Å². The van der Waals surface area contributed by atoms with Gasteiger partial charge in [-0.3, -0.25) is 0 Å². The Bertz CT molecular complexity index is 1180. The maximum atomic E-state index is 12.3. The highest BCUT2D eigenvalue weighted by Crippen LogP contribution is 2.22. The molecule has 0 atom stereocenters. The van der Waals surface area contributed by atoms with E-state index in [-0.39, 0.29) is 11.5 Å². The normalized spacial score (nSPS) is 12.3. The number of imidazole rings is 1. The predicted octanol–water partition coefficient (Wildman–Crippen LogP) is 3.42. The first-order valence-electron chi connectivity index (χ1n) is 8.74. The van der Waals surface area contributed by atoms with E-state index in [9.17, 15) is 13.2 Å². The summed E-state index contributed by atoms with van der Waals surface area (Å²) in [6, 6.07) is 8.22. The summed E-state index contributed by atoms with van der Waals surface area (Å²) in [5, 5.41) is 0. The van der Waals surface area contributed by atoms with Crippen molar-refractivity contribution in [2.75, 3.05) is 14.1 Å². The molecule has 10 heteroatoms. The Morgan fingerprint density at radius 3 is 2.69 bits per heavy atom. The topological polar surface area (TPSA) is 94.6 Å². The first-order valence-corrected chi connectivity index (χ1v) is 11.0. The summed E-state index contributed by atoms with van der Waals surface area (Å²) in [4.78, 5) is 16.6. The number of fused-ring (bicyclic) bond motifs is 1. The van der Waals surface area contributed by atoms with Crippen LogP contribution in [0.25, 0.3) is 17.1 Å². The van der Waals surface area contributed by atoms with Gasteiger partial charge in [0.2, 0.25) is 10.0 Å². The molecule has 3 rings (SSSR count). The molecule has 29 heavy (non-hydrogen) atoms. The molecule has 0 fully saturated rings. The van der Waals surface area contributed by atoms with Gasteiger partial charge in [-0.1, -0.05) is 0 Å². The zero-order valence-electron chi connectivity index (χ0n) is 16.1. The third-order valence-electron chi connectivity index (χ3n) is 4.21. The van der Waals surface area contributed by atoms with E-state index in [4.69, 9.17) is 9.15 Å². The zero-order chi connectivity index (χ0) is 21.2. The minimum absolute atomic E-state index is 0.0384. The molecule has 8 nitrogen and oxygen atoms in total. The van der Waals surface area contributed by atoms with Gasteiger partial charge in [0.1, 0.15) is 18.2 Å². The molecule has 0 saturated carbocycles. The van der Waals surface area contributed by atoms with Gasteiger partial charge in [-0.05, 0) is 59.3 Å². The van der Waals surface area contributed by atoms with E-state index in [1.54, 1.807) is 24.3 Å². The zero-order valence-corrected chi connectivity index (χ0v) is 18.5. The Morgan fingerprint density at radius 1 is 1.31 bits per heavy atom. The number of rotatable bonds is 7. The largest absolute Gasteiger partial charge is 0.454 e. The van der Waals surface area contributed by atoms with Crippen molar-refractivity contribution in [3.8, 4) is 0 Å². The minimum Gasteiger partial charge on any atom is -0.454 e. The van der Waals surface area contributed by atoms with Crippen molar-refractivity contribution in [2.24, 2.45) is 0 Å². The SMILES string of the molecule is CCn1c(COC(=O)C=Cc2ccc(Br)o2)nc2cc(S(=O)(=O)N(C)C)ccc21. The molecule has 0 saturated heterocycles. The van der Waals surface area contributed by atoms with E-state index in [0.717, 1.165) is 9.82 Å². The lowest BCUT2D eigenvalue weighted by Gasteiger charge is -2.11. The number of hydrogen-bond donors (Lipinski definition) is 0. The van der Waals surface area contributed by atoms with Gasteiger partial charge in [0.25, 0.3) is 0 Å². The molecular weight excluding hydrogens is 462 g/mol. The van der Waals surface area contributed by atoms with Crippen molar-refractivity contribution in [2.45, 2.75) is 25.0 Å². The van der Waals surface area contributed by atoms with Gasteiger partial charge in [0.15, 0.2) is 4.67 Å². The van der Waals surface area contributed by atoms with Crippen molar-refractivity contribution >= 4 is 49.0 Å². The van der Waals surface area contributed by atoms with Gasteiger partial charge >= 0.3 is 5.97 Å². The molecule has 0 aliphatic carbocycles. The molecule has 2 heterocycles. The molecule has 2 aromatic heterocycles. The number of nitrogens with zero attached hydrogens (tertiary/aromatic N) is 3. The van der Waals surface area contributed by atoms with Gasteiger partial charge in [-0.2, -0.15) is 0 Å². The lowest BCUT2D eigenvalue weighted by atomic mass is 10.3. The fraction of sp³-hybridized carbons (Fsp3) is 0.263. The highest BCUT2D eigenvalue weighted by Gasteiger charge is 2.19. The lowest BCUT2D eigenvalue weighted by molar-refractivity contribution is -0.139. The summed E-state index contributed by atoms with van der Waals surface area (Å²) < 4.78 is 38.8. The quantitative estimate of drug-likeness (QED) is 0.379. The molecule has 1 aromatic carbocycles. The van der Waals surface area contributed by atoms with E-state index in [1.165, 1.54) is 32.3 Å². The average Bonchev–Trinajstić information content (AvgIpc) is 3.26. The number of sulfonamides is 1. The van der Waals surface area contributed by atoms with Crippen LogP contribution in [0.3, 0.4) is 0 Å². The fourth-order valence-corrected chi connectivity index (χ4v) is 3.99. The van der Waals surface area contributed by atoms with Crippen LogP contribution in [-0.4, -0.2) is 42.3 Å². The van der Waals surface area contributed by atoms with Crippen LogP contribution in [0, 0.1) is 0 Å². The number of carbonyl (C=O) groups excluding carboxylic acids is 1. The van der Waals surface area contributed by atoms with Crippen LogP contribution in [0.1, 0.15) is 18.5 Å². The van der Waals surface area contributed by atoms with E-state index < -0.39 is 16.0 Å². The monoisotopic (exact) mass is 481 g/mol. The molecule has 0 aliphatic rings. The Kier molecular flexibility index (Phi) is 6.25. The predicted molar refractivity (Wildman–Crippen MR) is 112 cm³/mol. The number of aromatic nitrogens is 2. The van der Waals surface area contributed by atoms with Crippen LogP contribution in [0.4, 0.5) is 0 Å². The summed E-state index contributed by atoms with van der Waals surface area (Å²) in [5.41, 5.74) is 1.30. The summed E-state index contributed by atoms with van der Waals surface area (Å²) in [6.45, 7) is 2.49. The molecule has 0 N–H and O–H groups in total. The Morgan fingerprint density at radius 2 is 2.07 bits per heavy atom. The third kappa shape index (κ3) is 4.60. The van der Waals surface area contributed by atoms with Crippen LogP contribution in [-0.2, 0) is 32.7 Å². The first-order chi connectivity index (χ1) is 13.7. The number of hydrogen-bond acceptors (Lipinski definition) is 6. The van der Waals surface area contributed by atoms with Crippen molar-refractivity contribution in [1.82, 2.24) is 13.9 Å². The van der Waals surface area contributed by atoms with Crippen LogP contribution < -0.4 is 0 Å². The maximum absolute atomic E-state index is 12.3. The van der Waals surface area contributed by atoms with Crippen LogP contribution >= 0.6 is 15.9 Å². The fourth-order valence-electron chi connectivity index (χ4n) is 2.75. The third-order valence-corrected chi connectivity index (χ3v) is 6.45.